The van der Waals surface area contributed by atoms with E-state index in [0.717, 1.165) is 21.9 Å². The molecule has 1 heterocycles. The summed E-state index contributed by atoms with van der Waals surface area (Å²) in [6.45, 7) is 3.77. The molecule has 0 saturated heterocycles. The summed E-state index contributed by atoms with van der Waals surface area (Å²) in [7, 11) is -3.46. The molecule has 3 rings (SSSR count). The Kier molecular flexibility index (Phi) is 4.72. The number of rotatable bonds is 5. The summed E-state index contributed by atoms with van der Waals surface area (Å²) in [6, 6.07) is 12.9. The maximum Gasteiger partial charge on any atom is 0.251 e. The molecule has 0 saturated carbocycles. The van der Waals surface area contributed by atoms with Gasteiger partial charge in [0.25, 0.3) is 5.56 Å². The quantitative estimate of drug-likeness (QED) is 0.762. The second-order valence-electron chi connectivity index (χ2n) is 6.15. The minimum Gasteiger partial charge on any atom is -0.311 e. The lowest BCUT2D eigenvalue weighted by Gasteiger charge is -2.11. The maximum absolute atomic E-state index is 12.7. The van der Waals surface area contributed by atoms with Gasteiger partial charge in [0.15, 0.2) is 9.84 Å². The highest BCUT2D eigenvalue weighted by Crippen LogP contribution is 2.25. The summed E-state index contributed by atoms with van der Waals surface area (Å²) >= 11 is 0. The van der Waals surface area contributed by atoms with Gasteiger partial charge >= 0.3 is 0 Å². The number of hydrogen-bond acceptors (Lipinski definition) is 4. The van der Waals surface area contributed by atoms with E-state index in [1.807, 2.05) is 50.2 Å². The average Bonchev–Trinajstić information content (AvgIpc) is 2.56. The lowest BCUT2D eigenvalue weighted by Crippen LogP contribution is -2.16. The Morgan fingerprint density at radius 3 is 2.60 bits per heavy atom. The molecule has 2 aromatic carbocycles. The first-order valence-corrected chi connectivity index (χ1v) is 9.97. The van der Waals surface area contributed by atoms with E-state index < -0.39 is 9.84 Å². The summed E-state index contributed by atoms with van der Waals surface area (Å²) in [6.07, 6.45) is 0.547. The molecule has 1 N–H and O–H groups in total. The number of aromatic amines is 1. The summed E-state index contributed by atoms with van der Waals surface area (Å²) in [5, 5.41) is 1.96. The number of H-pyrrole nitrogens is 1. The van der Waals surface area contributed by atoms with Crippen molar-refractivity contribution in [1.29, 1.82) is 0 Å². The Bertz CT molecular complexity index is 1090. The highest BCUT2D eigenvalue weighted by atomic mass is 32.2. The summed E-state index contributed by atoms with van der Waals surface area (Å²) in [4.78, 5) is 18.5. The van der Waals surface area contributed by atoms with Gasteiger partial charge in [-0.15, -0.1) is 0 Å². The molecule has 0 radical (unpaired) electrons. The van der Waals surface area contributed by atoms with Crippen LogP contribution in [0, 0.1) is 6.92 Å². The van der Waals surface area contributed by atoms with Crippen molar-refractivity contribution in [3.8, 4) is 0 Å². The molecule has 0 unspecified atom stereocenters. The van der Waals surface area contributed by atoms with E-state index in [-0.39, 0.29) is 17.1 Å². The van der Waals surface area contributed by atoms with Crippen molar-refractivity contribution in [1.82, 2.24) is 9.97 Å². The molecule has 3 aromatic rings. The van der Waals surface area contributed by atoms with Crippen LogP contribution in [-0.2, 0) is 27.8 Å². The van der Waals surface area contributed by atoms with E-state index in [4.69, 9.17) is 0 Å². The summed E-state index contributed by atoms with van der Waals surface area (Å²) in [5.74, 6) is 0.182. The number of benzene rings is 2. The van der Waals surface area contributed by atoms with Crippen LogP contribution in [0.5, 0.6) is 0 Å². The molecule has 130 valence electrons. The van der Waals surface area contributed by atoms with Crippen LogP contribution in [0.15, 0.2) is 47.3 Å². The van der Waals surface area contributed by atoms with Crippen LogP contribution < -0.4 is 5.56 Å². The fourth-order valence-electron chi connectivity index (χ4n) is 2.94. The highest BCUT2D eigenvalue weighted by molar-refractivity contribution is 7.89. The third-order valence-corrected chi connectivity index (χ3v) is 5.65. The Morgan fingerprint density at radius 1 is 1.08 bits per heavy atom. The van der Waals surface area contributed by atoms with Crippen molar-refractivity contribution in [2.24, 2.45) is 0 Å². The molecule has 6 heteroatoms. The lowest BCUT2D eigenvalue weighted by atomic mass is 10.0. The molecule has 25 heavy (non-hydrogen) atoms. The first-order chi connectivity index (χ1) is 11.9. The first-order valence-electron chi connectivity index (χ1n) is 8.15. The third kappa shape index (κ3) is 3.96. The van der Waals surface area contributed by atoms with Crippen molar-refractivity contribution >= 4 is 20.6 Å². The van der Waals surface area contributed by atoms with Crippen LogP contribution in [-0.4, -0.2) is 18.4 Å². The number of sulfone groups is 1. The van der Waals surface area contributed by atoms with Crippen molar-refractivity contribution in [3.63, 3.8) is 0 Å². The Hall–Kier alpha value is -2.47. The van der Waals surface area contributed by atoms with Gasteiger partial charge in [-0.25, -0.2) is 13.4 Å². The SMILES string of the molecule is CCc1nc(CS(=O)(=O)Cc2c(C)ccc3ccccc23)cc(=O)[nH]1. The summed E-state index contributed by atoms with van der Waals surface area (Å²) in [5.41, 5.74) is 1.71. The number of aryl methyl sites for hydroxylation is 2. The Morgan fingerprint density at radius 2 is 1.84 bits per heavy atom. The van der Waals surface area contributed by atoms with Gasteiger partial charge in [-0.3, -0.25) is 4.79 Å². The normalized spacial score (nSPS) is 11.8. The fourth-order valence-corrected chi connectivity index (χ4v) is 4.46. The minimum absolute atomic E-state index is 0.0733. The molecule has 0 aliphatic carbocycles. The van der Waals surface area contributed by atoms with Gasteiger partial charge in [0.05, 0.1) is 17.2 Å². The molecular formula is C19H20N2O3S. The van der Waals surface area contributed by atoms with Crippen LogP contribution in [0.2, 0.25) is 0 Å². The monoisotopic (exact) mass is 356 g/mol. The van der Waals surface area contributed by atoms with E-state index in [1.165, 1.54) is 6.07 Å². The molecule has 0 fully saturated rings. The lowest BCUT2D eigenvalue weighted by molar-refractivity contribution is 0.593. The molecule has 5 nitrogen and oxygen atoms in total. The number of fused-ring (bicyclic) bond motifs is 1. The van der Waals surface area contributed by atoms with Crippen molar-refractivity contribution in [2.75, 3.05) is 0 Å². The van der Waals surface area contributed by atoms with Gasteiger partial charge in [-0.2, -0.15) is 0 Å². The van der Waals surface area contributed by atoms with E-state index in [2.05, 4.69) is 9.97 Å². The van der Waals surface area contributed by atoms with Crippen molar-refractivity contribution in [3.05, 3.63) is 75.5 Å². The van der Waals surface area contributed by atoms with E-state index in [1.54, 1.807) is 0 Å². The molecule has 0 bridgehead atoms. The first kappa shape index (κ1) is 17.4. The molecule has 0 spiro atoms. The van der Waals surface area contributed by atoms with Gasteiger partial charge in [0, 0.05) is 12.5 Å². The van der Waals surface area contributed by atoms with Crippen LogP contribution in [0.4, 0.5) is 0 Å². The maximum atomic E-state index is 12.7. The smallest absolute Gasteiger partial charge is 0.251 e. The van der Waals surface area contributed by atoms with Crippen molar-refractivity contribution in [2.45, 2.75) is 31.8 Å². The van der Waals surface area contributed by atoms with Crippen LogP contribution in [0.1, 0.15) is 29.6 Å². The Labute approximate surface area is 146 Å². The third-order valence-electron chi connectivity index (χ3n) is 4.19. The zero-order valence-electron chi connectivity index (χ0n) is 14.2. The molecule has 1 aromatic heterocycles. The van der Waals surface area contributed by atoms with Crippen molar-refractivity contribution < 1.29 is 8.42 Å². The zero-order valence-corrected chi connectivity index (χ0v) is 15.1. The molecule has 0 aliphatic rings. The number of nitrogens with zero attached hydrogens (tertiary/aromatic N) is 1. The Balaban J connectivity index is 1.96. The molecule has 0 amide bonds. The molecule has 0 aliphatic heterocycles. The topological polar surface area (TPSA) is 79.9 Å². The van der Waals surface area contributed by atoms with Crippen LogP contribution in [0.3, 0.4) is 0 Å². The zero-order chi connectivity index (χ0) is 18.0. The minimum atomic E-state index is -3.46. The number of aromatic nitrogens is 2. The predicted octanol–water partition coefficient (Wildman–Crippen LogP) is 2.91. The molecule has 0 atom stereocenters. The van der Waals surface area contributed by atoms with Gasteiger partial charge in [-0.1, -0.05) is 43.3 Å². The predicted molar refractivity (Wildman–Crippen MR) is 99.2 cm³/mol. The van der Waals surface area contributed by atoms with Crippen LogP contribution in [0.25, 0.3) is 10.8 Å². The van der Waals surface area contributed by atoms with E-state index in [9.17, 15) is 13.2 Å². The number of nitrogens with one attached hydrogen (secondary N) is 1. The van der Waals surface area contributed by atoms with Gasteiger partial charge in [0.1, 0.15) is 5.82 Å². The highest BCUT2D eigenvalue weighted by Gasteiger charge is 2.18. The number of hydrogen-bond donors (Lipinski definition) is 1. The van der Waals surface area contributed by atoms with Gasteiger partial charge in [0.2, 0.25) is 0 Å². The largest absolute Gasteiger partial charge is 0.311 e. The summed E-state index contributed by atoms with van der Waals surface area (Å²) < 4.78 is 25.4. The molecular weight excluding hydrogens is 336 g/mol. The van der Waals surface area contributed by atoms with E-state index in [0.29, 0.717) is 17.9 Å². The van der Waals surface area contributed by atoms with Gasteiger partial charge < -0.3 is 4.98 Å². The fraction of sp³-hybridized carbons (Fsp3) is 0.263. The van der Waals surface area contributed by atoms with Gasteiger partial charge in [-0.05, 0) is 28.8 Å². The van der Waals surface area contributed by atoms with E-state index >= 15 is 0 Å². The second kappa shape index (κ2) is 6.80. The average molecular weight is 356 g/mol. The van der Waals surface area contributed by atoms with Crippen LogP contribution >= 0.6 is 0 Å². The standard InChI is InChI=1S/C19H20N2O3S/c1-3-18-20-15(10-19(22)21-18)11-25(23,24)12-17-13(2)8-9-14-6-4-5-7-16(14)17/h4-10H,3,11-12H2,1-2H3,(H,20,21,22). The second-order valence-corrected chi connectivity index (χ2v) is 8.22.